The summed E-state index contributed by atoms with van der Waals surface area (Å²) in [6.45, 7) is 4.80. The first-order valence-electron chi connectivity index (χ1n) is 21.2. The number of benzene rings is 6. The summed E-state index contributed by atoms with van der Waals surface area (Å²) in [5.41, 5.74) is 17.9. The van der Waals surface area contributed by atoms with Crippen LogP contribution in [0, 0.1) is 5.92 Å². The summed E-state index contributed by atoms with van der Waals surface area (Å²) < 4.78 is 6.75. The fourth-order valence-electron chi connectivity index (χ4n) is 11.1. The number of hydrogen-bond donors (Lipinski definition) is 1. The van der Waals surface area contributed by atoms with E-state index >= 15 is 0 Å². The number of nitrogens with one attached hydrogen (secondary N) is 1. The van der Waals surface area contributed by atoms with E-state index in [-0.39, 0.29) is 16.7 Å². The Labute approximate surface area is 339 Å². The molecule has 1 spiro atoms. The molecule has 12 rings (SSSR count). The third kappa shape index (κ3) is 4.93. The second-order valence-electron chi connectivity index (χ2n) is 17.6. The van der Waals surface area contributed by atoms with Crippen LogP contribution in [0.2, 0.25) is 0 Å². The van der Waals surface area contributed by atoms with E-state index in [0.717, 1.165) is 51.2 Å². The highest BCUT2D eigenvalue weighted by Gasteiger charge is 2.46. The van der Waals surface area contributed by atoms with Crippen molar-refractivity contribution in [3.8, 4) is 33.4 Å². The predicted octanol–water partition coefficient (Wildman–Crippen LogP) is 13.4. The molecular weight excluding hydrogens is 707 g/mol. The number of allylic oxidation sites excluding steroid dienone is 3. The summed E-state index contributed by atoms with van der Waals surface area (Å²) in [5.74, 6) is 1.93. The molecule has 4 heteroatoms. The molecule has 2 atom stereocenters. The summed E-state index contributed by atoms with van der Waals surface area (Å²) in [4.78, 5) is 10.4. The number of rotatable bonds is 4. The second-order valence-corrected chi connectivity index (χ2v) is 17.6. The Bertz CT molecular complexity index is 2970. The summed E-state index contributed by atoms with van der Waals surface area (Å²) in [6, 6.07) is 45.1. The Morgan fingerprint density at radius 1 is 0.603 bits per heavy atom. The minimum Gasteiger partial charge on any atom is -0.456 e. The molecule has 6 aromatic carbocycles. The molecule has 1 aliphatic heterocycles. The Hall–Kier alpha value is -6.26. The molecule has 1 N–H and O–H groups in total. The van der Waals surface area contributed by atoms with Gasteiger partial charge in [-0.25, -0.2) is 9.98 Å². The summed E-state index contributed by atoms with van der Waals surface area (Å²) >= 11 is 0. The van der Waals surface area contributed by atoms with Gasteiger partial charge >= 0.3 is 0 Å². The summed E-state index contributed by atoms with van der Waals surface area (Å²) in [6.07, 6.45) is 15.4. The van der Waals surface area contributed by atoms with Crippen LogP contribution in [-0.2, 0) is 10.8 Å². The highest BCUT2D eigenvalue weighted by molar-refractivity contribution is 6.12. The first kappa shape index (κ1) is 33.8. The molecule has 0 amide bonds. The number of aliphatic imine (C=N–C) groups is 2. The smallest absolute Gasteiger partial charge is 0.173 e. The highest BCUT2D eigenvalue weighted by atomic mass is 16.3. The minimum atomic E-state index is -0.433. The van der Waals surface area contributed by atoms with Crippen molar-refractivity contribution in [2.45, 2.75) is 69.4 Å². The fraction of sp³-hybridized carbons (Fsp3) is 0.222. The van der Waals surface area contributed by atoms with Crippen LogP contribution in [0.25, 0.3) is 55.3 Å². The maximum Gasteiger partial charge on any atom is 0.173 e. The summed E-state index contributed by atoms with van der Waals surface area (Å²) in [5, 5.41) is 5.79. The number of para-hydroxylation sites is 1. The standard InChI is InChI=1S/C54H45N3O/c1-53(2)44-22-11-10-19-37(44)41-32-47-42(31-46(41)53)40-29-35(23-25-45(40)54(47)27-12-5-13-28-54)36-24-26-48-43(30-36)38-20-14-21-39(49(38)58-48)52-56-50(33-15-6-3-7-16-33)55-51(57-52)34-17-8-4-9-18-34/h3-4,6-11,14-17,19-26,29-32,34,52H,5,12-13,18,27-28H2,1-2H3,(H,55,56,57). The first-order valence-corrected chi connectivity index (χ1v) is 21.2. The third-order valence-electron chi connectivity index (χ3n) is 14.0. The van der Waals surface area contributed by atoms with Crippen LogP contribution in [0.1, 0.15) is 91.9 Å². The van der Waals surface area contributed by atoms with Crippen molar-refractivity contribution in [3.05, 3.63) is 179 Å². The van der Waals surface area contributed by atoms with Crippen LogP contribution < -0.4 is 5.32 Å². The van der Waals surface area contributed by atoms with Gasteiger partial charge in [0, 0.05) is 38.6 Å². The molecular formula is C54H45N3O. The quantitative estimate of drug-likeness (QED) is 0.195. The average Bonchev–Trinajstić information content (AvgIpc) is 3.86. The number of furan rings is 1. The highest BCUT2D eigenvalue weighted by Crippen LogP contribution is 2.60. The van der Waals surface area contributed by atoms with Crippen LogP contribution in [-0.4, -0.2) is 11.7 Å². The molecule has 2 unspecified atom stereocenters. The van der Waals surface area contributed by atoms with Crippen LogP contribution in [0.4, 0.5) is 0 Å². The zero-order valence-electron chi connectivity index (χ0n) is 33.1. The zero-order chi connectivity index (χ0) is 38.6. The molecule has 0 bridgehead atoms. The SMILES string of the molecule is CC1(C)c2ccccc2-c2cc3c(cc21)-c1cc(-c2ccc4oc5c(C6N=C(c7ccccc7)NC(C7C=CC=CC7)=N6)cccc5c4c2)ccc1C31CCCCC1. The van der Waals surface area contributed by atoms with Gasteiger partial charge in [0.05, 0.1) is 0 Å². The first-order chi connectivity index (χ1) is 28.5. The van der Waals surface area contributed by atoms with E-state index in [1.165, 1.54) is 82.2 Å². The Morgan fingerprint density at radius 3 is 2.24 bits per heavy atom. The van der Waals surface area contributed by atoms with Gasteiger partial charge < -0.3 is 9.73 Å². The molecule has 5 aliphatic rings. The lowest BCUT2D eigenvalue weighted by molar-refractivity contribution is 0.353. The second kappa shape index (κ2) is 12.6. The van der Waals surface area contributed by atoms with Crippen molar-refractivity contribution in [2.24, 2.45) is 15.9 Å². The molecule has 0 saturated heterocycles. The van der Waals surface area contributed by atoms with Crippen LogP contribution >= 0.6 is 0 Å². The van der Waals surface area contributed by atoms with Gasteiger partial charge in [-0.3, -0.25) is 0 Å². The Kier molecular flexibility index (Phi) is 7.36. The maximum atomic E-state index is 6.75. The van der Waals surface area contributed by atoms with Crippen LogP contribution in [0.3, 0.4) is 0 Å². The Morgan fingerprint density at radius 2 is 1.38 bits per heavy atom. The van der Waals surface area contributed by atoms with E-state index in [2.05, 4.69) is 159 Å². The number of nitrogens with zero attached hydrogens (tertiary/aromatic N) is 2. The predicted molar refractivity (Wildman–Crippen MR) is 239 cm³/mol. The molecule has 0 radical (unpaired) electrons. The molecule has 282 valence electrons. The van der Waals surface area contributed by atoms with Crippen LogP contribution in [0.15, 0.2) is 160 Å². The number of amidine groups is 2. The van der Waals surface area contributed by atoms with Gasteiger partial charge in [-0.2, -0.15) is 0 Å². The summed E-state index contributed by atoms with van der Waals surface area (Å²) in [7, 11) is 0. The maximum absolute atomic E-state index is 6.75. The van der Waals surface area contributed by atoms with Crippen molar-refractivity contribution < 1.29 is 4.42 Å². The van der Waals surface area contributed by atoms with Gasteiger partial charge in [0.2, 0.25) is 0 Å². The molecule has 7 aromatic rings. The number of hydrogen-bond acceptors (Lipinski definition) is 4. The lowest BCUT2D eigenvalue weighted by Crippen LogP contribution is -2.39. The largest absolute Gasteiger partial charge is 0.456 e. The van der Waals surface area contributed by atoms with Gasteiger partial charge in [-0.05, 0) is 105 Å². The van der Waals surface area contributed by atoms with Crippen molar-refractivity contribution >= 4 is 33.6 Å². The van der Waals surface area contributed by atoms with Crippen molar-refractivity contribution in [3.63, 3.8) is 0 Å². The van der Waals surface area contributed by atoms with Gasteiger partial charge in [0.1, 0.15) is 22.8 Å². The average molecular weight is 752 g/mol. The lowest BCUT2D eigenvalue weighted by atomic mass is 9.67. The van der Waals surface area contributed by atoms with Crippen molar-refractivity contribution in [1.82, 2.24) is 5.32 Å². The van der Waals surface area contributed by atoms with E-state index in [1.54, 1.807) is 5.56 Å². The monoisotopic (exact) mass is 751 g/mol. The van der Waals surface area contributed by atoms with E-state index in [9.17, 15) is 0 Å². The minimum absolute atomic E-state index is 0.0347. The van der Waals surface area contributed by atoms with Crippen LogP contribution in [0.5, 0.6) is 0 Å². The van der Waals surface area contributed by atoms with E-state index in [4.69, 9.17) is 14.4 Å². The van der Waals surface area contributed by atoms with E-state index in [1.807, 2.05) is 6.07 Å². The zero-order valence-corrected chi connectivity index (χ0v) is 33.1. The molecule has 58 heavy (non-hydrogen) atoms. The topological polar surface area (TPSA) is 49.9 Å². The molecule has 1 saturated carbocycles. The number of fused-ring (bicyclic) bond motifs is 11. The third-order valence-corrected chi connectivity index (χ3v) is 14.0. The van der Waals surface area contributed by atoms with E-state index in [0.29, 0.717) is 0 Å². The van der Waals surface area contributed by atoms with Gasteiger partial charge in [-0.1, -0.05) is 148 Å². The Balaban J connectivity index is 0.970. The molecule has 4 aliphatic carbocycles. The van der Waals surface area contributed by atoms with Crippen molar-refractivity contribution in [1.29, 1.82) is 0 Å². The van der Waals surface area contributed by atoms with E-state index < -0.39 is 6.17 Å². The van der Waals surface area contributed by atoms with Gasteiger partial charge in [-0.15, -0.1) is 0 Å². The van der Waals surface area contributed by atoms with Gasteiger partial charge in [0.15, 0.2) is 6.17 Å². The molecule has 4 nitrogen and oxygen atoms in total. The van der Waals surface area contributed by atoms with Gasteiger partial charge in [0.25, 0.3) is 0 Å². The molecule has 1 aromatic heterocycles. The lowest BCUT2D eigenvalue weighted by Gasteiger charge is -2.36. The molecule has 2 heterocycles. The normalized spacial score (nSPS) is 20.7. The fourth-order valence-corrected chi connectivity index (χ4v) is 11.1. The van der Waals surface area contributed by atoms with Crippen molar-refractivity contribution in [2.75, 3.05) is 0 Å². The molecule has 1 fully saturated rings.